The van der Waals surface area contributed by atoms with Crippen molar-refractivity contribution in [3.05, 3.63) is 0 Å². The van der Waals surface area contributed by atoms with Gasteiger partial charge in [-0.2, -0.15) is 0 Å². The first kappa shape index (κ1) is 8.87. The van der Waals surface area contributed by atoms with Crippen LogP contribution in [0.2, 0.25) is 0 Å². The monoisotopic (exact) mass is 165 g/mol. The summed E-state index contributed by atoms with van der Waals surface area (Å²) in [5.74, 6) is 0. The van der Waals surface area contributed by atoms with Crippen molar-refractivity contribution in [2.24, 2.45) is 0 Å². The van der Waals surface area contributed by atoms with Gasteiger partial charge in [-0.15, -0.1) is 0 Å². The molecule has 1 rings (SSSR count). The van der Waals surface area contributed by atoms with Crippen molar-refractivity contribution in [1.29, 1.82) is 0 Å². The summed E-state index contributed by atoms with van der Waals surface area (Å²) in [6, 6.07) is 0. The zero-order valence-electron chi connectivity index (χ0n) is 6.32. The fourth-order valence-electron chi connectivity index (χ4n) is 1.41. The third-order valence-electron chi connectivity index (χ3n) is 1.98. The highest BCUT2D eigenvalue weighted by Crippen LogP contribution is 2.23. The fourth-order valence-corrected chi connectivity index (χ4v) is 1.41. The lowest BCUT2D eigenvalue weighted by Crippen LogP contribution is -2.46. The van der Waals surface area contributed by atoms with Gasteiger partial charge in [0.1, 0.15) is 0 Å². The minimum Gasteiger partial charge on any atom is -0.388 e. The van der Waals surface area contributed by atoms with Gasteiger partial charge in [-0.1, -0.05) is 0 Å². The molecule has 0 radical (unpaired) electrons. The second kappa shape index (κ2) is 3.45. The minimum atomic E-state index is -2.40. The molecule has 0 bridgehead atoms. The first-order valence-corrected chi connectivity index (χ1v) is 3.84. The molecule has 1 aliphatic heterocycles. The smallest absolute Gasteiger partial charge is 0.241 e. The van der Waals surface area contributed by atoms with Gasteiger partial charge in [0, 0.05) is 13.0 Å². The summed E-state index contributed by atoms with van der Waals surface area (Å²) in [5.41, 5.74) is -1.16. The number of β-amino-alcohol motifs (C(OH)–C–C–N with tert-alkyl or cyclic N) is 1. The predicted octanol–water partition coefficient (Wildman–Crippen LogP) is 0.756. The van der Waals surface area contributed by atoms with Gasteiger partial charge in [-0.05, 0) is 19.4 Å². The summed E-state index contributed by atoms with van der Waals surface area (Å²) in [4.78, 5) is 0. The van der Waals surface area contributed by atoms with Crippen LogP contribution < -0.4 is 5.32 Å². The Morgan fingerprint density at radius 2 is 2.27 bits per heavy atom. The molecular formula is C7H13F2NO. The Bertz CT molecular complexity index is 124. The lowest BCUT2D eigenvalue weighted by atomic mass is 9.91. The largest absolute Gasteiger partial charge is 0.388 e. The van der Waals surface area contributed by atoms with Crippen molar-refractivity contribution in [3.8, 4) is 0 Å². The van der Waals surface area contributed by atoms with E-state index in [0.717, 1.165) is 13.0 Å². The van der Waals surface area contributed by atoms with Crippen LogP contribution >= 0.6 is 0 Å². The molecule has 66 valence electrons. The minimum absolute atomic E-state index is 0.303. The van der Waals surface area contributed by atoms with Gasteiger partial charge in [0.05, 0.1) is 5.60 Å². The normalized spacial score (nSPS) is 32.7. The van der Waals surface area contributed by atoms with Gasteiger partial charge in [0.25, 0.3) is 0 Å². The van der Waals surface area contributed by atoms with Crippen LogP contribution in [0.3, 0.4) is 0 Å². The summed E-state index contributed by atoms with van der Waals surface area (Å²) in [6.07, 6.45) is -1.53. The number of hydrogen-bond acceptors (Lipinski definition) is 2. The maximum absolute atomic E-state index is 11.9. The second-order valence-electron chi connectivity index (χ2n) is 3.10. The predicted molar refractivity (Wildman–Crippen MR) is 37.7 cm³/mol. The molecule has 0 amide bonds. The molecule has 1 aliphatic rings. The highest BCUT2D eigenvalue weighted by atomic mass is 19.3. The molecule has 1 fully saturated rings. The molecule has 1 unspecified atom stereocenters. The van der Waals surface area contributed by atoms with Crippen molar-refractivity contribution in [2.75, 3.05) is 13.1 Å². The van der Waals surface area contributed by atoms with E-state index in [1.165, 1.54) is 0 Å². The molecule has 0 spiro atoms. The Labute approximate surface area is 64.6 Å². The number of piperidine rings is 1. The summed E-state index contributed by atoms with van der Waals surface area (Å²) in [7, 11) is 0. The van der Waals surface area contributed by atoms with Crippen LogP contribution in [0.1, 0.15) is 19.3 Å². The van der Waals surface area contributed by atoms with Gasteiger partial charge in [-0.25, -0.2) is 8.78 Å². The van der Waals surface area contributed by atoms with Crippen LogP contribution in [0.25, 0.3) is 0 Å². The number of hydrogen-bond donors (Lipinski definition) is 2. The highest BCUT2D eigenvalue weighted by molar-refractivity contribution is 4.85. The number of rotatable bonds is 2. The molecule has 1 heterocycles. The Morgan fingerprint density at radius 3 is 2.73 bits per heavy atom. The second-order valence-corrected chi connectivity index (χ2v) is 3.10. The number of nitrogens with one attached hydrogen (secondary N) is 1. The molecule has 0 aromatic carbocycles. The van der Waals surface area contributed by atoms with Gasteiger partial charge in [0.2, 0.25) is 6.43 Å². The number of aliphatic hydroxyl groups is 1. The average molecular weight is 165 g/mol. The van der Waals surface area contributed by atoms with Crippen LogP contribution in [0.4, 0.5) is 8.78 Å². The first-order valence-electron chi connectivity index (χ1n) is 3.84. The molecular weight excluding hydrogens is 152 g/mol. The SMILES string of the molecule is OC1(CC(F)F)CCCNC1. The maximum Gasteiger partial charge on any atom is 0.241 e. The van der Waals surface area contributed by atoms with Crippen LogP contribution in [0, 0.1) is 0 Å². The molecule has 2 nitrogen and oxygen atoms in total. The van der Waals surface area contributed by atoms with Crippen molar-refractivity contribution in [3.63, 3.8) is 0 Å². The Kier molecular flexibility index (Phi) is 2.78. The van der Waals surface area contributed by atoms with Crippen molar-refractivity contribution >= 4 is 0 Å². The van der Waals surface area contributed by atoms with Crippen molar-refractivity contribution < 1.29 is 13.9 Å². The Balaban J connectivity index is 2.37. The Morgan fingerprint density at radius 1 is 1.55 bits per heavy atom. The molecule has 4 heteroatoms. The molecule has 1 atom stereocenters. The van der Waals surface area contributed by atoms with E-state index in [-0.39, 0.29) is 0 Å². The van der Waals surface area contributed by atoms with E-state index in [9.17, 15) is 13.9 Å². The first-order chi connectivity index (χ1) is 5.12. The lowest BCUT2D eigenvalue weighted by molar-refractivity contribution is -0.0371. The lowest BCUT2D eigenvalue weighted by Gasteiger charge is -2.32. The van der Waals surface area contributed by atoms with Gasteiger partial charge >= 0.3 is 0 Å². The summed E-state index contributed by atoms with van der Waals surface area (Å²) >= 11 is 0. The summed E-state index contributed by atoms with van der Waals surface area (Å²) in [6.45, 7) is 1.13. The molecule has 0 saturated carbocycles. The zero-order valence-corrected chi connectivity index (χ0v) is 6.32. The van der Waals surface area contributed by atoms with Gasteiger partial charge < -0.3 is 10.4 Å². The fraction of sp³-hybridized carbons (Fsp3) is 1.00. The molecule has 11 heavy (non-hydrogen) atoms. The molecule has 0 aromatic heterocycles. The summed E-state index contributed by atoms with van der Waals surface area (Å²) in [5, 5.41) is 12.4. The van der Waals surface area contributed by atoms with E-state index >= 15 is 0 Å². The van der Waals surface area contributed by atoms with Gasteiger partial charge in [-0.3, -0.25) is 0 Å². The van der Waals surface area contributed by atoms with Crippen molar-refractivity contribution in [2.45, 2.75) is 31.3 Å². The highest BCUT2D eigenvalue weighted by Gasteiger charge is 2.32. The van der Waals surface area contributed by atoms with Gasteiger partial charge in [0.15, 0.2) is 0 Å². The molecule has 1 saturated heterocycles. The number of halogens is 2. The topological polar surface area (TPSA) is 32.3 Å². The van der Waals surface area contributed by atoms with Crippen LogP contribution in [0.15, 0.2) is 0 Å². The van der Waals surface area contributed by atoms with Crippen molar-refractivity contribution in [1.82, 2.24) is 5.32 Å². The average Bonchev–Trinajstić information content (AvgIpc) is 1.85. The third-order valence-corrected chi connectivity index (χ3v) is 1.98. The standard InChI is InChI=1S/C7H13F2NO/c8-6(9)4-7(11)2-1-3-10-5-7/h6,10-11H,1-5H2. The van der Waals surface area contributed by atoms with E-state index in [4.69, 9.17) is 0 Å². The van der Waals surface area contributed by atoms with Crippen LogP contribution in [-0.2, 0) is 0 Å². The quantitative estimate of drug-likeness (QED) is 0.633. The van der Waals surface area contributed by atoms with E-state index in [1.807, 2.05) is 0 Å². The van der Waals surface area contributed by atoms with E-state index in [0.29, 0.717) is 13.0 Å². The third kappa shape index (κ3) is 2.71. The van der Waals surface area contributed by atoms with E-state index < -0.39 is 18.4 Å². The van der Waals surface area contributed by atoms with E-state index in [2.05, 4.69) is 5.32 Å². The number of alkyl halides is 2. The van der Waals surface area contributed by atoms with Crippen LogP contribution in [0.5, 0.6) is 0 Å². The molecule has 2 N–H and O–H groups in total. The van der Waals surface area contributed by atoms with E-state index in [1.54, 1.807) is 0 Å². The summed E-state index contributed by atoms with van der Waals surface area (Å²) < 4.78 is 23.8. The van der Waals surface area contributed by atoms with Crippen LogP contribution in [-0.4, -0.2) is 30.2 Å². The maximum atomic E-state index is 11.9. The molecule has 0 aromatic rings. The molecule has 0 aliphatic carbocycles. The Hall–Kier alpha value is -0.220. The zero-order chi connectivity index (χ0) is 8.32.